The number of carbonyl (C=O) groups excluding carboxylic acids is 2. The Balaban J connectivity index is 1.77. The summed E-state index contributed by atoms with van der Waals surface area (Å²) in [4.78, 5) is 27.7. The summed E-state index contributed by atoms with van der Waals surface area (Å²) in [5.41, 5.74) is 1.33. The van der Waals surface area contributed by atoms with Crippen molar-refractivity contribution in [3.8, 4) is 11.5 Å². The predicted octanol–water partition coefficient (Wildman–Crippen LogP) is 5.81. The van der Waals surface area contributed by atoms with E-state index in [4.69, 9.17) is 32.7 Å². The monoisotopic (exact) mass is 529 g/mol. The van der Waals surface area contributed by atoms with Gasteiger partial charge < -0.3 is 19.5 Å². The number of Topliss-reactive ketones (excluding diaryl/α,β-unsaturated/α-hetero) is 1. The van der Waals surface area contributed by atoms with Crippen LogP contribution in [0, 0.1) is 5.82 Å². The maximum absolute atomic E-state index is 13.5. The average Bonchev–Trinajstić information content (AvgIpc) is 3.12. The fourth-order valence-electron chi connectivity index (χ4n) is 4.21. The van der Waals surface area contributed by atoms with Gasteiger partial charge in [0.05, 0.1) is 25.8 Å². The van der Waals surface area contributed by atoms with Crippen molar-refractivity contribution in [1.82, 2.24) is 4.90 Å². The van der Waals surface area contributed by atoms with Gasteiger partial charge >= 0.3 is 0 Å². The van der Waals surface area contributed by atoms with Gasteiger partial charge in [0.2, 0.25) is 0 Å². The summed E-state index contributed by atoms with van der Waals surface area (Å²) in [6.45, 7) is 0.143. The van der Waals surface area contributed by atoms with Crippen LogP contribution >= 0.6 is 23.2 Å². The number of ketones is 1. The molecule has 1 saturated heterocycles. The van der Waals surface area contributed by atoms with Gasteiger partial charge in [0.25, 0.3) is 11.7 Å². The number of carbonyl (C=O) groups is 2. The molecule has 0 unspecified atom stereocenters. The molecule has 0 aliphatic carbocycles. The van der Waals surface area contributed by atoms with E-state index < -0.39 is 29.3 Å². The third-order valence-electron chi connectivity index (χ3n) is 6.00. The molecular weight excluding hydrogens is 508 g/mol. The quantitative estimate of drug-likeness (QED) is 0.237. The van der Waals surface area contributed by atoms with Gasteiger partial charge in [-0.15, -0.1) is 0 Å². The topological polar surface area (TPSA) is 76.1 Å². The number of aliphatic hydroxyl groups excluding tert-OH is 1. The molecule has 0 spiro atoms. The molecule has 1 amide bonds. The van der Waals surface area contributed by atoms with E-state index in [-0.39, 0.29) is 22.7 Å². The molecule has 1 fully saturated rings. The van der Waals surface area contributed by atoms with Crippen molar-refractivity contribution < 1.29 is 28.6 Å². The Hall–Kier alpha value is -3.55. The largest absolute Gasteiger partial charge is 0.507 e. The molecule has 1 aliphatic rings. The maximum atomic E-state index is 13.5. The summed E-state index contributed by atoms with van der Waals surface area (Å²) in [7, 11) is 3.06. The molecule has 1 N–H and O–H groups in total. The minimum Gasteiger partial charge on any atom is -0.507 e. The Morgan fingerprint density at radius 1 is 0.972 bits per heavy atom. The number of amides is 1. The molecule has 0 bridgehead atoms. The first-order valence-electron chi connectivity index (χ1n) is 10.9. The van der Waals surface area contributed by atoms with Gasteiger partial charge in [-0.05, 0) is 66.1 Å². The Bertz CT molecular complexity index is 1360. The molecule has 6 nitrogen and oxygen atoms in total. The number of methoxy groups -OCH3 is 2. The van der Waals surface area contributed by atoms with E-state index in [1.54, 1.807) is 24.3 Å². The number of hydrogen-bond donors (Lipinski definition) is 1. The SMILES string of the molecule is COc1ccc(CCN2C(=O)C(=O)C(=C(O)c3ccc(F)cc3)[C@H]2c2ccc(Cl)cc2Cl)cc1OC. The average molecular weight is 530 g/mol. The molecular formula is C27H22Cl2FNO5. The third-order valence-corrected chi connectivity index (χ3v) is 6.57. The molecule has 3 aromatic carbocycles. The zero-order valence-corrected chi connectivity index (χ0v) is 20.9. The van der Waals surface area contributed by atoms with Crippen molar-refractivity contribution in [2.24, 2.45) is 0 Å². The summed E-state index contributed by atoms with van der Waals surface area (Å²) >= 11 is 12.5. The summed E-state index contributed by atoms with van der Waals surface area (Å²) in [5, 5.41) is 11.7. The van der Waals surface area contributed by atoms with Crippen LogP contribution in [0.5, 0.6) is 11.5 Å². The molecule has 36 heavy (non-hydrogen) atoms. The molecule has 0 aromatic heterocycles. The predicted molar refractivity (Wildman–Crippen MR) is 135 cm³/mol. The highest BCUT2D eigenvalue weighted by molar-refractivity contribution is 6.47. The smallest absolute Gasteiger partial charge is 0.295 e. The van der Waals surface area contributed by atoms with Crippen LogP contribution in [0.3, 0.4) is 0 Å². The number of nitrogens with zero attached hydrogens (tertiary/aromatic N) is 1. The Morgan fingerprint density at radius 3 is 2.31 bits per heavy atom. The van der Waals surface area contributed by atoms with Gasteiger partial charge in [0.15, 0.2) is 11.5 Å². The minimum absolute atomic E-state index is 0.136. The van der Waals surface area contributed by atoms with Crippen LogP contribution in [0.15, 0.2) is 66.2 Å². The Kier molecular flexibility index (Phi) is 7.52. The minimum atomic E-state index is -0.972. The number of hydrogen-bond acceptors (Lipinski definition) is 5. The van der Waals surface area contributed by atoms with Gasteiger partial charge in [-0.25, -0.2) is 4.39 Å². The molecule has 186 valence electrons. The van der Waals surface area contributed by atoms with Crippen molar-refractivity contribution in [2.45, 2.75) is 12.5 Å². The lowest BCUT2D eigenvalue weighted by Gasteiger charge is -2.26. The lowest BCUT2D eigenvalue weighted by molar-refractivity contribution is -0.139. The van der Waals surface area contributed by atoms with E-state index >= 15 is 0 Å². The number of aliphatic hydroxyl groups is 1. The molecule has 9 heteroatoms. The fourth-order valence-corrected chi connectivity index (χ4v) is 4.72. The van der Waals surface area contributed by atoms with Gasteiger partial charge in [-0.2, -0.15) is 0 Å². The van der Waals surface area contributed by atoms with E-state index in [2.05, 4.69) is 0 Å². The molecule has 1 aliphatic heterocycles. The second kappa shape index (κ2) is 10.6. The molecule has 0 saturated carbocycles. The summed E-state index contributed by atoms with van der Waals surface area (Å²) < 4.78 is 24.1. The van der Waals surface area contributed by atoms with Crippen LogP contribution in [0.25, 0.3) is 5.76 Å². The third kappa shape index (κ3) is 4.90. The van der Waals surface area contributed by atoms with E-state index in [0.717, 1.165) is 17.7 Å². The Morgan fingerprint density at radius 2 is 1.67 bits per heavy atom. The van der Waals surface area contributed by atoms with E-state index in [0.29, 0.717) is 28.5 Å². The zero-order chi connectivity index (χ0) is 26.0. The summed E-state index contributed by atoms with van der Waals surface area (Å²) in [6.07, 6.45) is 0.381. The van der Waals surface area contributed by atoms with E-state index in [1.807, 2.05) is 6.07 Å². The molecule has 0 radical (unpaired) electrons. The first kappa shape index (κ1) is 25.5. The van der Waals surface area contributed by atoms with Crippen molar-refractivity contribution >= 4 is 40.7 Å². The standard InChI is InChI=1S/C27H22Cl2FNO5/c1-35-21-10-3-15(13-22(21)36-2)11-12-31-24(19-9-6-17(28)14-20(19)29)23(26(33)27(31)34)25(32)16-4-7-18(30)8-5-16/h3-10,13-14,24,32H,11-12H2,1-2H3/t24-/m1/s1. The Labute approximate surface area is 217 Å². The van der Waals surface area contributed by atoms with Crippen molar-refractivity contribution in [3.63, 3.8) is 0 Å². The zero-order valence-electron chi connectivity index (χ0n) is 19.4. The van der Waals surface area contributed by atoms with Gasteiger partial charge in [-0.1, -0.05) is 35.3 Å². The number of rotatable bonds is 7. The van der Waals surface area contributed by atoms with Crippen LogP contribution < -0.4 is 9.47 Å². The highest BCUT2D eigenvalue weighted by Gasteiger charge is 2.46. The number of likely N-dealkylation sites (tertiary alicyclic amines) is 1. The second-order valence-corrected chi connectivity index (χ2v) is 8.95. The lowest BCUT2D eigenvalue weighted by atomic mass is 9.95. The van der Waals surface area contributed by atoms with Gasteiger partial charge in [-0.3, -0.25) is 9.59 Å². The summed E-state index contributed by atoms with van der Waals surface area (Å²) in [6, 6.07) is 14.1. The van der Waals surface area contributed by atoms with Crippen LogP contribution in [0.4, 0.5) is 4.39 Å². The van der Waals surface area contributed by atoms with Crippen LogP contribution in [0.2, 0.25) is 10.0 Å². The normalized spacial score (nSPS) is 16.9. The van der Waals surface area contributed by atoms with E-state index in [9.17, 15) is 19.1 Å². The number of halogens is 3. The van der Waals surface area contributed by atoms with Crippen LogP contribution in [-0.2, 0) is 16.0 Å². The highest BCUT2D eigenvalue weighted by Crippen LogP contribution is 2.42. The fraction of sp³-hybridized carbons (Fsp3) is 0.185. The highest BCUT2D eigenvalue weighted by atomic mass is 35.5. The van der Waals surface area contributed by atoms with Gasteiger partial charge in [0.1, 0.15) is 11.6 Å². The van der Waals surface area contributed by atoms with Gasteiger partial charge in [0, 0.05) is 22.2 Å². The summed E-state index contributed by atoms with van der Waals surface area (Å²) in [5.74, 6) is -1.47. The second-order valence-electron chi connectivity index (χ2n) is 8.10. The van der Waals surface area contributed by atoms with Crippen molar-refractivity contribution in [3.05, 3.63) is 98.8 Å². The molecule has 3 aromatic rings. The molecule has 1 atom stereocenters. The van der Waals surface area contributed by atoms with Crippen molar-refractivity contribution in [2.75, 3.05) is 20.8 Å². The van der Waals surface area contributed by atoms with Crippen molar-refractivity contribution in [1.29, 1.82) is 0 Å². The van der Waals surface area contributed by atoms with E-state index in [1.165, 1.54) is 37.3 Å². The van der Waals surface area contributed by atoms with Crippen LogP contribution in [-0.4, -0.2) is 42.5 Å². The number of benzene rings is 3. The maximum Gasteiger partial charge on any atom is 0.295 e. The first-order chi connectivity index (χ1) is 17.2. The number of ether oxygens (including phenoxy) is 2. The van der Waals surface area contributed by atoms with Crippen LogP contribution in [0.1, 0.15) is 22.7 Å². The molecule has 1 heterocycles. The lowest BCUT2D eigenvalue weighted by Crippen LogP contribution is -2.31. The molecule has 4 rings (SSSR count). The first-order valence-corrected chi connectivity index (χ1v) is 11.7.